The molecule has 2 aromatic rings. The molecule has 2 rings (SSSR count). The third-order valence-corrected chi connectivity index (χ3v) is 3.20. The molecule has 0 spiro atoms. The molecule has 0 aliphatic rings. The van der Waals surface area contributed by atoms with Gasteiger partial charge in [-0.25, -0.2) is 0 Å². The smallest absolute Gasteiger partial charge is 0.255 e. The van der Waals surface area contributed by atoms with E-state index in [-0.39, 0.29) is 12.5 Å². The molecule has 0 bridgehead atoms. The van der Waals surface area contributed by atoms with Crippen LogP contribution in [-0.4, -0.2) is 41.9 Å². The number of hydrogen-bond acceptors (Lipinski definition) is 5. The third kappa shape index (κ3) is 5.01. The maximum Gasteiger partial charge on any atom is 0.255 e. The fraction of sp³-hybridized carbons (Fsp3) is 0.312. The Labute approximate surface area is 139 Å². The Balaban J connectivity index is 1.87. The molecule has 8 nitrogen and oxygen atoms in total. The predicted octanol–water partition coefficient (Wildman–Crippen LogP) is 0.576. The number of benzene rings is 1. The van der Waals surface area contributed by atoms with Crippen LogP contribution in [0.15, 0.2) is 36.7 Å². The lowest BCUT2D eigenvalue weighted by molar-refractivity contribution is -0.119. The minimum atomic E-state index is -0.587. The summed E-state index contributed by atoms with van der Waals surface area (Å²) in [4.78, 5) is 22.9. The van der Waals surface area contributed by atoms with Gasteiger partial charge in [0.15, 0.2) is 18.1 Å². The second-order valence-corrected chi connectivity index (χ2v) is 5.00. The van der Waals surface area contributed by atoms with Crippen molar-refractivity contribution in [2.45, 2.75) is 13.0 Å². The fourth-order valence-corrected chi connectivity index (χ4v) is 2.05. The number of ether oxygens (including phenoxy) is 2. The Bertz CT molecular complexity index is 685. The van der Waals surface area contributed by atoms with Crippen molar-refractivity contribution in [3.63, 3.8) is 0 Å². The number of rotatable bonds is 9. The van der Waals surface area contributed by atoms with Crippen molar-refractivity contribution in [2.75, 3.05) is 20.3 Å². The maximum absolute atomic E-state index is 12.1. The zero-order chi connectivity index (χ0) is 17.4. The van der Waals surface area contributed by atoms with Crippen molar-refractivity contribution in [3.8, 4) is 11.5 Å². The van der Waals surface area contributed by atoms with Crippen molar-refractivity contribution >= 4 is 11.8 Å². The van der Waals surface area contributed by atoms with Crippen LogP contribution in [0.2, 0.25) is 0 Å². The predicted molar refractivity (Wildman–Crippen MR) is 86.9 cm³/mol. The average molecular weight is 332 g/mol. The van der Waals surface area contributed by atoms with Gasteiger partial charge in [-0.1, -0.05) is 0 Å². The minimum absolute atomic E-state index is 0.213. The van der Waals surface area contributed by atoms with Gasteiger partial charge in [0.25, 0.3) is 11.8 Å². The zero-order valence-electron chi connectivity index (χ0n) is 13.4. The number of methoxy groups -OCH3 is 1. The number of amides is 2. The normalized spacial score (nSPS) is 10.2. The molecule has 1 aromatic heterocycles. The molecule has 0 saturated carbocycles. The quantitative estimate of drug-likeness (QED) is 0.653. The molecule has 8 heteroatoms. The van der Waals surface area contributed by atoms with Crippen LogP contribution < -0.4 is 20.5 Å². The van der Waals surface area contributed by atoms with Crippen LogP contribution >= 0.6 is 0 Å². The molecule has 1 heterocycles. The number of hydrogen-bond donors (Lipinski definition) is 2. The summed E-state index contributed by atoms with van der Waals surface area (Å²) in [7, 11) is 1.46. The molecular weight excluding hydrogens is 312 g/mol. The van der Waals surface area contributed by atoms with Crippen molar-refractivity contribution in [1.82, 2.24) is 15.1 Å². The van der Waals surface area contributed by atoms with E-state index in [1.54, 1.807) is 29.1 Å². The highest BCUT2D eigenvalue weighted by Crippen LogP contribution is 2.27. The minimum Gasteiger partial charge on any atom is -0.493 e. The topological polar surface area (TPSA) is 108 Å². The molecule has 0 atom stereocenters. The number of aryl methyl sites for hydroxylation is 1. The molecular formula is C16H20N4O4. The first-order valence-electron chi connectivity index (χ1n) is 7.45. The molecule has 0 fully saturated rings. The van der Waals surface area contributed by atoms with Gasteiger partial charge in [-0.2, -0.15) is 5.10 Å². The van der Waals surface area contributed by atoms with Crippen molar-refractivity contribution in [2.24, 2.45) is 5.73 Å². The van der Waals surface area contributed by atoms with E-state index in [1.165, 1.54) is 7.11 Å². The van der Waals surface area contributed by atoms with Crippen LogP contribution in [0.1, 0.15) is 16.8 Å². The van der Waals surface area contributed by atoms with Crippen molar-refractivity contribution < 1.29 is 19.1 Å². The highest BCUT2D eigenvalue weighted by atomic mass is 16.5. The maximum atomic E-state index is 12.1. The summed E-state index contributed by atoms with van der Waals surface area (Å²) in [5.74, 6) is -0.0850. The molecule has 3 N–H and O–H groups in total. The Hall–Kier alpha value is -3.03. The van der Waals surface area contributed by atoms with E-state index in [9.17, 15) is 9.59 Å². The number of aromatic nitrogens is 2. The SMILES string of the molecule is COc1cc(C(=O)NCCCn2cccn2)ccc1OCC(N)=O. The summed E-state index contributed by atoms with van der Waals surface area (Å²) in [6.07, 6.45) is 4.36. The van der Waals surface area contributed by atoms with Crippen LogP contribution in [0.25, 0.3) is 0 Å². The summed E-state index contributed by atoms with van der Waals surface area (Å²) < 4.78 is 12.2. The molecule has 0 saturated heterocycles. The second kappa shape index (κ2) is 8.56. The number of nitrogens with two attached hydrogens (primary N) is 1. The Morgan fingerprint density at radius 1 is 1.33 bits per heavy atom. The van der Waals surface area contributed by atoms with Crippen LogP contribution in [0.5, 0.6) is 11.5 Å². The molecule has 0 aliphatic heterocycles. The highest BCUT2D eigenvalue weighted by molar-refractivity contribution is 5.94. The van der Waals surface area contributed by atoms with Gasteiger partial charge in [0.1, 0.15) is 0 Å². The standard InChI is InChI=1S/C16H20N4O4/c1-23-14-10-12(4-5-13(14)24-11-15(17)21)16(22)18-6-2-8-20-9-3-7-19-20/h3-5,7,9-10H,2,6,8,11H2,1H3,(H2,17,21)(H,18,22). The second-order valence-electron chi connectivity index (χ2n) is 5.00. The van der Waals surface area contributed by atoms with Gasteiger partial charge < -0.3 is 20.5 Å². The van der Waals surface area contributed by atoms with Gasteiger partial charge in [-0.05, 0) is 30.7 Å². The summed E-state index contributed by atoms with van der Waals surface area (Å²) in [5.41, 5.74) is 5.48. The summed E-state index contributed by atoms with van der Waals surface area (Å²) >= 11 is 0. The van der Waals surface area contributed by atoms with Crippen LogP contribution in [0, 0.1) is 0 Å². The lowest BCUT2D eigenvalue weighted by Crippen LogP contribution is -2.25. The molecule has 2 amide bonds. The van der Waals surface area contributed by atoms with E-state index in [0.717, 1.165) is 13.0 Å². The van der Waals surface area contributed by atoms with Crippen LogP contribution in [0.3, 0.4) is 0 Å². The van der Waals surface area contributed by atoms with Crippen molar-refractivity contribution in [1.29, 1.82) is 0 Å². The van der Waals surface area contributed by atoms with Gasteiger partial charge in [0.05, 0.1) is 7.11 Å². The summed E-state index contributed by atoms with van der Waals surface area (Å²) in [5, 5.41) is 6.93. The van der Waals surface area contributed by atoms with E-state index < -0.39 is 5.91 Å². The third-order valence-electron chi connectivity index (χ3n) is 3.20. The Morgan fingerprint density at radius 3 is 2.83 bits per heavy atom. The van der Waals surface area contributed by atoms with E-state index >= 15 is 0 Å². The first-order chi connectivity index (χ1) is 11.6. The molecule has 1 aromatic carbocycles. The lowest BCUT2D eigenvalue weighted by Gasteiger charge is -2.11. The molecule has 0 radical (unpaired) electrons. The molecule has 24 heavy (non-hydrogen) atoms. The monoisotopic (exact) mass is 332 g/mol. The van der Waals surface area contributed by atoms with Gasteiger partial charge in [-0.15, -0.1) is 0 Å². The zero-order valence-corrected chi connectivity index (χ0v) is 13.4. The number of carbonyl (C=O) groups excluding carboxylic acids is 2. The van der Waals surface area contributed by atoms with Crippen LogP contribution in [0.4, 0.5) is 0 Å². The fourth-order valence-electron chi connectivity index (χ4n) is 2.05. The average Bonchev–Trinajstić information content (AvgIpc) is 3.09. The Kier molecular flexibility index (Phi) is 6.18. The van der Waals surface area contributed by atoms with Crippen LogP contribution in [-0.2, 0) is 11.3 Å². The largest absolute Gasteiger partial charge is 0.493 e. The molecule has 0 unspecified atom stereocenters. The van der Waals surface area contributed by atoms with E-state index in [4.69, 9.17) is 15.2 Å². The van der Waals surface area contributed by atoms with E-state index in [0.29, 0.717) is 23.6 Å². The van der Waals surface area contributed by atoms with Gasteiger partial charge in [0, 0.05) is 31.0 Å². The number of nitrogens with one attached hydrogen (secondary N) is 1. The highest BCUT2D eigenvalue weighted by Gasteiger charge is 2.11. The number of carbonyl (C=O) groups is 2. The van der Waals surface area contributed by atoms with Gasteiger partial charge in [-0.3, -0.25) is 14.3 Å². The van der Waals surface area contributed by atoms with Crippen molar-refractivity contribution in [3.05, 3.63) is 42.2 Å². The van der Waals surface area contributed by atoms with Gasteiger partial charge >= 0.3 is 0 Å². The summed E-state index contributed by atoms with van der Waals surface area (Å²) in [6, 6.07) is 6.58. The molecule has 128 valence electrons. The van der Waals surface area contributed by atoms with E-state index in [1.807, 2.05) is 12.3 Å². The van der Waals surface area contributed by atoms with Gasteiger partial charge in [0.2, 0.25) is 0 Å². The lowest BCUT2D eigenvalue weighted by atomic mass is 10.2. The summed E-state index contributed by atoms with van der Waals surface area (Å²) in [6.45, 7) is 1.01. The van der Waals surface area contributed by atoms with E-state index in [2.05, 4.69) is 10.4 Å². The first kappa shape index (κ1) is 17.3. The number of nitrogens with zero attached hydrogens (tertiary/aromatic N) is 2. The first-order valence-corrected chi connectivity index (χ1v) is 7.45. The Morgan fingerprint density at radius 2 is 2.17 bits per heavy atom. The number of primary amides is 1. The molecule has 0 aliphatic carbocycles.